The van der Waals surface area contributed by atoms with E-state index in [0.717, 1.165) is 49.4 Å². The van der Waals surface area contributed by atoms with Gasteiger partial charge in [0, 0.05) is 16.7 Å². The molecule has 1 spiro atoms. The van der Waals surface area contributed by atoms with Crippen molar-refractivity contribution in [3.05, 3.63) is 257 Å². The van der Waals surface area contributed by atoms with Crippen molar-refractivity contribution in [2.75, 3.05) is 0 Å². The van der Waals surface area contributed by atoms with Crippen LogP contribution in [0, 0.1) is 5.92 Å². The van der Waals surface area contributed by atoms with E-state index in [9.17, 15) is 0 Å². The quantitative estimate of drug-likeness (QED) is 0.174. The summed E-state index contributed by atoms with van der Waals surface area (Å²) < 4.78 is 0. The van der Waals surface area contributed by atoms with Crippen LogP contribution in [0.25, 0.3) is 78.0 Å². The highest BCUT2D eigenvalue weighted by molar-refractivity contribution is 6.02. The molecule has 9 aromatic rings. The lowest BCUT2D eigenvalue weighted by Crippen LogP contribution is -2.28. The van der Waals surface area contributed by atoms with E-state index in [2.05, 4.69) is 232 Å². The molecule has 12 rings (SSSR count). The van der Waals surface area contributed by atoms with E-state index in [0.29, 0.717) is 17.5 Å². The Kier molecular flexibility index (Phi) is 8.91. The van der Waals surface area contributed by atoms with Gasteiger partial charge in [0.25, 0.3) is 0 Å². The van der Waals surface area contributed by atoms with Crippen LogP contribution < -0.4 is 0 Å². The third-order valence-electron chi connectivity index (χ3n) is 13.5. The van der Waals surface area contributed by atoms with E-state index in [-0.39, 0.29) is 5.92 Å². The Hall–Kier alpha value is -8.01. The summed E-state index contributed by atoms with van der Waals surface area (Å²) in [6.07, 6.45) is 13.8. The molecule has 3 heteroatoms. The zero-order chi connectivity index (χ0) is 42.8. The Morgan fingerprint density at radius 2 is 0.969 bits per heavy atom. The van der Waals surface area contributed by atoms with E-state index in [1.54, 1.807) is 0 Å². The van der Waals surface area contributed by atoms with Gasteiger partial charge in [-0.1, -0.05) is 219 Å². The van der Waals surface area contributed by atoms with Crippen molar-refractivity contribution >= 4 is 32.7 Å². The molecule has 3 aliphatic carbocycles. The summed E-state index contributed by atoms with van der Waals surface area (Å²) in [6, 6.07) is 65.5. The number of hydrogen-bond donors (Lipinski definition) is 0. The first-order valence-corrected chi connectivity index (χ1v) is 22.2. The van der Waals surface area contributed by atoms with Crippen molar-refractivity contribution in [1.82, 2.24) is 15.0 Å². The zero-order valence-corrected chi connectivity index (χ0v) is 35.7. The molecular weight excluding hydrogens is 775 g/mol. The minimum absolute atomic E-state index is 0.164. The van der Waals surface area contributed by atoms with E-state index in [1.165, 1.54) is 50.1 Å². The third-order valence-corrected chi connectivity index (χ3v) is 13.5. The van der Waals surface area contributed by atoms with Gasteiger partial charge in [-0.2, -0.15) is 0 Å². The van der Waals surface area contributed by atoms with Gasteiger partial charge in [-0.25, -0.2) is 15.0 Å². The summed E-state index contributed by atoms with van der Waals surface area (Å²) >= 11 is 0. The zero-order valence-electron chi connectivity index (χ0n) is 35.7. The van der Waals surface area contributed by atoms with Crippen LogP contribution in [0.15, 0.2) is 230 Å². The Labute approximate surface area is 373 Å². The van der Waals surface area contributed by atoms with Gasteiger partial charge in [0.05, 0.1) is 5.41 Å². The Bertz CT molecular complexity index is 3390. The third kappa shape index (κ3) is 5.78. The van der Waals surface area contributed by atoms with E-state index in [4.69, 9.17) is 15.0 Å². The lowest BCUT2D eigenvalue weighted by Gasteiger charge is -2.34. The fraction of sp³-hybridized carbons (Fsp3) is 0.0656. The van der Waals surface area contributed by atoms with Gasteiger partial charge >= 0.3 is 0 Å². The molecule has 0 aliphatic heterocycles. The molecule has 0 saturated carbocycles. The van der Waals surface area contributed by atoms with Gasteiger partial charge in [-0.3, -0.25) is 0 Å². The molecule has 0 amide bonds. The molecule has 0 saturated heterocycles. The molecule has 1 unspecified atom stereocenters. The lowest BCUT2D eigenvalue weighted by atomic mass is 9.67. The molecule has 1 aromatic heterocycles. The fourth-order valence-electron chi connectivity index (χ4n) is 10.7. The molecule has 3 nitrogen and oxygen atoms in total. The predicted octanol–water partition coefficient (Wildman–Crippen LogP) is 15.1. The number of fused-ring (bicyclic) bond motifs is 9. The number of benzene rings is 8. The summed E-state index contributed by atoms with van der Waals surface area (Å²) in [5.41, 5.74) is 16.5. The Morgan fingerprint density at radius 3 is 1.59 bits per heavy atom. The van der Waals surface area contributed by atoms with Gasteiger partial charge in [-0.15, -0.1) is 0 Å². The maximum absolute atomic E-state index is 5.28. The number of aromatic nitrogens is 3. The Morgan fingerprint density at radius 1 is 0.484 bits per heavy atom. The highest BCUT2D eigenvalue weighted by atomic mass is 15.0. The summed E-state index contributed by atoms with van der Waals surface area (Å²) in [4.78, 5) is 15.8. The van der Waals surface area contributed by atoms with Crippen LogP contribution in [-0.2, 0) is 5.41 Å². The van der Waals surface area contributed by atoms with Gasteiger partial charge in [0.2, 0.25) is 0 Å². The smallest absolute Gasteiger partial charge is 0.164 e. The molecule has 64 heavy (non-hydrogen) atoms. The second-order valence-electron chi connectivity index (χ2n) is 17.0. The summed E-state index contributed by atoms with van der Waals surface area (Å²) in [6.45, 7) is 4.44. The first-order valence-electron chi connectivity index (χ1n) is 22.2. The van der Waals surface area contributed by atoms with Crippen LogP contribution in [-0.4, -0.2) is 15.0 Å². The van der Waals surface area contributed by atoms with Gasteiger partial charge < -0.3 is 0 Å². The second-order valence-corrected chi connectivity index (χ2v) is 17.0. The number of rotatable bonds is 5. The Balaban J connectivity index is 1.07. The number of hydrogen-bond acceptors (Lipinski definition) is 3. The monoisotopic (exact) mass is 817 g/mol. The van der Waals surface area contributed by atoms with Gasteiger partial charge in [-0.05, 0) is 102 Å². The average Bonchev–Trinajstić information content (AvgIpc) is 3.82. The lowest BCUT2D eigenvalue weighted by molar-refractivity contribution is 0.758. The highest BCUT2D eigenvalue weighted by Crippen LogP contribution is 2.65. The molecule has 1 atom stereocenters. The first kappa shape index (κ1) is 37.7. The maximum atomic E-state index is 5.28. The maximum Gasteiger partial charge on any atom is 0.164 e. The van der Waals surface area contributed by atoms with Crippen molar-refractivity contribution < 1.29 is 0 Å². The summed E-state index contributed by atoms with van der Waals surface area (Å²) in [5, 5.41) is 4.50. The summed E-state index contributed by atoms with van der Waals surface area (Å²) in [7, 11) is 0. The van der Waals surface area contributed by atoms with E-state index in [1.807, 2.05) is 0 Å². The highest BCUT2D eigenvalue weighted by Gasteiger charge is 2.54. The SMILES string of the molecule is C\C=C/C=C1/C(=C2\C=C(c3cccc(-c4nc(-c5cccc6ccccc56)nc(-c5cccc6ccccc56)n4)c3)C=CC2C)C2(c3ccccc31)c1ccccc1-c1ccccc12. The minimum Gasteiger partial charge on any atom is -0.208 e. The minimum atomic E-state index is -0.476. The van der Waals surface area contributed by atoms with Crippen LogP contribution in [0.2, 0.25) is 0 Å². The van der Waals surface area contributed by atoms with E-state index < -0.39 is 5.41 Å². The predicted molar refractivity (Wildman–Crippen MR) is 265 cm³/mol. The standard InChI is InChI=1S/C61H43N3/c1-3-4-24-50-49-29-11-14-34-56(49)61(54-32-12-9-27-47(54)48-28-10-13-33-55(48)61)57(50)53-38-43(36-35-39(53)2)42-22-15-23-44(37-42)58-62-59(51-30-16-20-40-18-5-7-25-45(40)51)64-60(63-58)52-31-17-21-41-19-6-8-26-46(41)52/h3-39H,1-2H3/b4-3-,50-24+,57-53-. The number of allylic oxidation sites excluding steroid dienone is 10. The van der Waals surface area contributed by atoms with E-state index >= 15 is 0 Å². The topological polar surface area (TPSA) is 38.7 Å². The first-order chi connectivity index (χ1) is 31.6. The van der Waals surface area contributed by atoms with Crippen molar-refractivity contribution in [1.29, 1.82) is 0 Å². The molecule has 0 bridgehead atoms. The van der Waals surface area contributed by atoms with Crippen LogP contribution in [0.5, 0.6) is 0 Å². The van der Waals surface area contributed by atoms with Crippen LogP contribution in [0.1, 0.15) is 41.7 Å². The molecule has 8 aromatic carbocycles. The second kappa shape index (κ2) is 15.1. The van der Waals surface area contributed by atoms with Crippen molar-refractivity contribution in [3.8, 4) is 45.3 Å². The average molecular weight is 818 g/mol. The van der Waals surface area contributed by atoms with Gasteiger partial charge in [0.1, 0.15) is 0 Å². The van der Waals surface area contributed by atoms with Crippen molar-refractivity contribution in [3.63, 3.8) is 0 Å². The fourth-order valence-corrected chi connectivity index (χ4v) is 10.7. The largest absolute Gasteiger partial charge is 0.208 e. The number of nitrogens with zero attached hydrogens (tertiary/aromatic N) is 3. The van der Waals surface area contributed by atoms with Crippen molar-refractivity contribution in [2.24, 2.45) is 5.92 Å². The molecular formula is C61H43N3. The van der Waals surface area contributed by atoms with Crippen molar-refractivity contribution in [2.45, 2.75) is 19.3 Å². The molecule has 0 N–H and O–H groups in total. The van der Waals surface area contributed by atoms with Crippen LogP contribution >= 0.6 is 0 Å². The molecule has 0 fully saturated rings. The molecule has 302 valence electrons. The molecule has 0 radical (unpaired) electrons. The molecule has 1 heterocycles. The van der Waals surface area contributed by atoms with Gasteiger partial charge in [0.15, 0.2) is 17.5 Å². The summed E-state index contributed by atoms with van der Waals surface area (Å²) in [5.74, 6) is 2.10. The van der Waals surface area contributed by atoms with Crippen LogP contribution in [0.3, 0.4) is 0 Å². The normalized spacial score (nSPS) is 17.6. The van der Waals surface area contributed by atoms with Crippen LogP contribution in [0.4, 0.5) is 0 Å². The molecule has 3 aliphatic rings.